The fraction of sp³-hybridized carbons (Fsp3) is 0.696. The Kier molecular flexibility index (Phi) is 5.21. The molecule has 8 heteroatoms. The van der Waals surface area contributed by atoms with Gasteiger partial charge in [0.1, 0.15) is 0 Å². The predicted octanol–water partition coefficient (Wildman–Crippen LogP) is 4.99. The Bertz CT molecular complexity index is 973. The molecule has 0 radical (unpaired) electrons. The Labute approximate surface area is 180 Å². The minimum atomic E-state index is -4.10. The van der Waals surface area contributed by atoms with Gasteiger partial charge in [-0.15, -0.1) is 0 Å². The van der Waals surface area contributed by atoms with Crippen LogP contribution in [0.15, 0.2) is 12.1 Å². The molecule has 5 rings (SSSR count). The Morgan fingerprint density at radius 1 is 1.03 bits per heavy atom. The van der Waals surface area contributed by atoms with Gasteiger partial charge in [0.2, 0.25) is 5.91 Å². The molecule has 2 aromatic rings. The van der Waals surface area contributed by atoms with Crippen LogP contribution >= 0.6 is 0 Å². The van der Waals surface area contributed by atoms with Crippen LogP contribution in [0.5, 0.6) is 0 Å². The number of hydrogen-bond acceptors (Lipinski definition) is 3. The van der Waals surface area contributed by atoms with Gasteiger partial charge in [-0.1, -0.05) is 0 Å². The van der Waals surface area contributed by atoms with E-state index in [0.29, 0.717) is 19.4 Å². The van der Waals surface area contributed by atoms with Gasteiger partial charge in [0.15, 0.2) is 5.65 Å². The number of carbonyl (C=O) groups is 1. The number of alkyl halides is 3. The second kappa shape index (κ2) is 7.78. The van der Waals surface area contributed by atoms with Crippen LogP contribution in [0.1, 0.15) is 80.3 Å². The van der Waals surface area contributed by atoms with E-state index in [1.807, 2.05) is 22.4 Å². The van der Waals surface area contributed by atoms with E-state index in [1.165, 1.54) is 0 Å². The van der Waals surface area contributed by atoms with E-state index in [0.717, 1.165) is 55.0 Å². The average Bonchev–Trinajstić information content (AvgIpc) is 3.51. The Morgan fingerprint density at radius 2 is 1.77 bits per heavy atom. The SMILES string of the molecule is Cc1cc([C@@H]2CCCN(C(=O)C3CC3)C2)n2nc(C3CCC(C(F)(F)F)CC3)cc2n1. The number of aryl methyl sites for hydroxylation is 1. The maximum atomic E-state index is 13.0. The predicted molar refractivity (Wildman–Crippen MR) is 110 cm³/mol. The first-order valence-electron chi connectivity index (χ1n) is 11.5. The van der Waals surface area contributed by atoms with Crippen molar-refractivity contribution in [3.63, 3.8) is 0 Å². The van der Waals surface area contributed by atoms with Crippen LogP contribution in [0.25, 0.3) is 5.65 Å². The number of fused-ring (bicyclic) bond motifs is 1. The molecule has 5 nitrogen and oxygen atoms in total. The van der Waals surface area contributed by atoms with Gasteiger partial charge in [0.25, 0.3) is 0 Å². The molecular formula is C23H29F3N4O. The summed E-state index contributed by atoms with van der Waals surface area (Å²) in [5.41, 5.74) is 3.57. The molecule has 1 atom stereocenters. The summed E-state index contributed by atoms with van der Waals surface area (Å²) in [6, 6.07) is 4.01. The van der Waals surface area contributed by atoms with Crippen molar-refractivity contribution in [3.8, 4) is 0 Å². The van der Waals surface area contributed by atoms with Gasteiger partial charge in [0, 0.05) is 42.6 Å². The highest BCUT2D eigenvalue weighted by Gasteiger charge is 2.42. The van der Waals surface area contributed by atoms with Crippen molar-refractivity contribution in [2.24, 2.45) is 11.8 Å². The standard InChI is InChI=1S/C23H29F3N4O/c1-14-11-20(17-3-2-10-29(13-17)22(31)16-4-5-16)30-21(27-14)12-19(28-30)15-6-8-18(9-7-15)23(24,25)26/h11-12,15-18H,2-10,13H2,1H3/t15?,17-,18?/m1/s1. The number of hydrogen-bond donors (Lipinski definition) is 0. The van der Waals surface area contributed by atoms with E-state index >= 15 is 0 Å². The van der Waals surface area contributed by atoms with E-state index in [-0.39, 0.29) is 36.5 Å². The van der Waals surface area contributed by atoms with Gasteiger partial charge in [-0.2, -0.15) is 18.3 Å². The number of piperidine rings is 1. The summed E-state index contributed by atoms with van der Waals surface area (Å²) < 4.78 is 41.0. The quantitative estimate of drug-likeness (QED) is 0.684. The average molecular weight is 435 g/mol. The summed E-state index contributed by atoms with van der Waals surface area (Å²) in [5, 5.41) is 4.83. The smallest absolute Gasteiger partial charge is 0.342 e. The Morgan fingerprint density at radius 3 is 2.45 bits per heavy atom. The first-order valence-corrected chi connectivity index (χ1v) is 11.5. The van der Waals surface area contributed by atoms with Crippen molar-refractivity contribution in [2.45, 2.75) is 76.3 Å². The third-order valence-electron chi connectivity index (χ3n) is 7.29. The minimum absolute atomic E-state index is 0.0488. The van der Waals surface area contributed by atoms with Crippen LogP contribution in [0.3, 0.4) is 0 Å². The second-order valence-corrected chi connectivity index (χ2v) is 9.65. The third kappa shape index (κ3) is 4.17. The van der Waals surface area contributed by atoms with Crippen LogP contribution in [0.2, 0.25) is 0 Å². The fourth-order valence-corrected chi connectivity index (χ4v) is 5.36. The van der Waals surface area contributed by atoms with Gasteiger partial charge in [0.05, 0.1) is 17.3 Å². The zero-order valence-electron chi connectivity index (χ0n) is 17.9. The zero-order valence-corrected chi connectivity index (χ0v) is 17.9. The summed E-state index contributed by atoms with van der Waals surface area (Å²) in [5.74, 6) is -0.425. The third-order valence-corrected chi connectivity index (χ3v) is 7.29. The zero-order chi connectivity index (χ0) is 21.8. The number of likely N-dealkylation sites (tertiary alicyclic amines) is 1. The molecule has 0 N–H and O–H groups in total. The van der Waals surface area contributed by atoms with Crippen LogP contribution in [0, 0.1) is 18.8 Å². The molecule has 2 saturated carbocycles. The molecular weight excluding hydrogens is 405 g/mol. The topological polar surface area (TPSA) is 50.5 Å². The summed E-state index contributed by atoms with van der Waals surface area (Å²) in [4.78, 5) is 19.2. The highest BCUT2D eigenvalue weighted by Crippen LogP contribution is 2.43. The molecule has 3 heterocycles. The molecule has 0 spiro atoms. The van der Waals surface area contributed by atoms with Gasteiger partial charge in [-0.3, -0.25) is 4.79 Å². The number of carbonyl (C=O) groups excluding carboxylic acids is 1. The minimum Gasteiger partial charge on any atom is -0.342 e. The molecule has 3 aliphatic rings. The normalized spacial score (nSPS) is 27.6. The van der Waals surface area contributed by atoms with Crippen LogP contribution in [0.4, 0.5) is 13.2 Å². The summed E-state index contributed by atoms with van der Waals surface area (Å²) >= 11 is 0. The van der Waals surface area contributed by atoms with Crippen molar-refractivity contribution < 1.29 is 18.0 Å². The van der Waals surface area contributed by atoms with Crippen LogP contribution in [-0.2, 0) is 4.79 Å². The first-order chi connectivity index (χ1) is 14.8. The summed E-state index contributed by atoms with van der Waals surface area (Å²) in [7, 11) is 0. The Hall–Kier alpha value is -2.12. The number of nitrogens with zero attached hydrogens (tertiary/aromatic N) is 4. The maximum Gasteiger partial charge on any atom is 0.391 e. The van der Waals surface area contributed by atoms with E-state index in [9.17, 15) is 18.0 Å². The van der Waals surface area contributed by atoms with E-state index in [2.05, 4.69) is 11.1 Å². The first kappa shape index (κ1) is 20.8. The van der Waals surface area contributed by atoms with E-state index in [4.69, 9.17) is 5.10 Å². The van der Waals surface area contributed by atoms with Gasteiger partial charge < -0.3 is 4.90 Å². The molecule has 0 unspecified atom stereocenters. The monoisotopic (exact) mass is 434 g/mol. The lowest BCUT2D eigenvalue weighted by Crippen LogP contribution is -2.40. The largest absolute Gasteiger partial charge is 0.391 e. The number of halogens is 3. The van der Waals surface area contributed by atoms with Crippen molar-refractivity contribution >= 4 is 11.6 Å². The lowest BCUT2D eigenvalue weighted by atomic mass is 9.80. The van der Waals surface area contributed by atoms with Gasteiger partial charge in [-0.05, 0) is 64.4 Å². The van der Waals surface area contributed by atoms with Crippen molar-refractivity contribution in [1.82, 2.24) is 19.5 Å². The number of aromatic nitrogens is 3. The number of rotatable bonds is 3. The molecule has 2 aliphatic carbocycles. The molecule has 0 aromatic carbocycles. The fourth-order valence-electron chi connectivity index (χ4n) is 5.36. The molecule has 1 amide bonds. The van der Waals surface area contributed by atoms with Crippen molar-refractivity contribution in [2.75, 3.05) is 13.1 Å². The highest BCUT2D eigenvalue weighted by molar-refractivity contribution is 5.81. The summed E-state index contributed by atoms with van der Waals surface area (Å²) in [6.07, 6.45) is 1.26. The number of amides is 1. The molecule has 3 fully saturated rings. The van der Waals surface area contributed by atoms with Crippen LogP contribution < -0.4 is 0 Å². The van der Waals surface area contributed by atoms with Gasteiger partial charge in [-0.25, -0.2) is 9.50 Å². The van der Waals surface area contributed by atoms with E-state index in [1.54, 1.807) is 0 Å². The molecule has 1 aliphatic heterocycles. The highest BCUT2D eigenvalue weighted by atomic mass is 19.4. The lowest BCUT2D eigenvalue weighted by Gasteiger charge is -2.33. The molecule has 1 saturated heterocycles. The summed E-state index contributed by atoms with van der Waals surface area (Å²) in [6.45, 7) is 3.49. The molecule has 31 heavy (non-hydrogen) atoms. The van der Waals surface area contributed by atoms with Gasteiger partial charge >= 0.3 is 6.18 Å². The second-order valence-electron chi connectivity index (χ2n) is 9.65. The maximum absolute atomic E-state index is 13.0. The van der Waals surface area contributed by atoms with Crippen molar-refractivity contribution in [1.29, 1.82) is 0 Å². The van der Waals surface area contributed by atoms with E-state index < -0.39 is 12.1 Å². The molecule has 168 valence electrons. The lowest BCUT2D eigenvalue weighted by molar-refractivity contribution is -0.182. The molecule has 0 bridgehead atoms. The van der Waals surface area contributed by atoms with Crippen LogP contribution in [-0.4, -0.2) is 44.7 Å². The Balaban J connectivity index is 1.38. The van der Waals surface area contributed by atoms with Crippen molar-refractivity contribution in [3.05, 3.63) is 29.2 Å². The molecule has 2 aromatic heterocycles.